The second-order valence-electron chi connectivity index (χ2n) is 6.08. The number of amides is 4. The summed E-state index contributed by atoms with van der Waals surface area (Å²) in [5.74, 6) is 0. The molecule has 31 heavy (non-hydrogen) atoms. The van der Waals surface area contributed by atoms with E-state index in [1.165, 1.54) is 0 Å². The highest BCUT2D eigenvalue weighted by Crippen LogP contribution is 2.42. The summed E-state index contributed by atoms with van der Waals surface area (Å²) in [6.45, 7) is 0. The van der Waals surface area contributed by atoms with Crippen LogP contribution in [-0.2, 0) is 0 Å². The Hall–Kier alpha value is -1.40. The molecule has 11 heteroatoms. The highest BCUT2D eigenvalue weighted by atomic mass is 79.9. The van der Waals surface area contributed by atoms with Crippen molar-refractivity contribution >= 4 is 114 Å². The molecule has 4 amide bonds. The zero-order valence-electron chi connectivity index (χ0n) is 15.4. The van der Waals surface area contributed by atoms with Crippen LogP contribution in [-0.4, -0.2) is 12.1 Å². The smallest absolute Gasteiger partial charge is 0.308 e. The normalized spacial score (nSPS) is 10.4. The van der Waals surface area contributed by atoms with Crippen LogP contribution in [0.15, 0.2) is 77.0 Å². The average Bonchev–Trinajstić information content (AvgIpc) is 2.72. The van der Waals surface area contributed by atoms with E-state index < -0.39 is 12.1 Å². The highest BCUT2D eigenvalue weighted by Gasteiger charge is 2.18. The van der Waals surface area contributed by atoms with Crippen molar-refractivity contribution in [2.45, 2.75) is 0 Å². The van der Waals surface area contributed by atoms with Gasteiger partial charge in [0, 0.05) is 29.3 Å². The van der Waals surface area contributed by atoms with Crippen molar-refractivity contribution < 1.29 is 9.59 Å². The molecule has 0 aliphatic heterocycles. The number of rotatable bonds is 4. The maximum atomic E-state index is 12.5. The van der Waals surface area contributed by atoms with Crippen LogP contribution < -0.4 is 21.3 Å². The van der Waals surface area contributed by atoms with E-state index in [9.17, 15) is 9.59 Å². The predicted molar refractivity (Wildman–Crippen MR) is 143 cm³/mol. The molecule has 0 unspecified atom stereocenters. The lowest BCUT2D eigenvalue weighted by Crippen LogP contribution is -2.22. The molecule has 0 aliphatic carbocycles. The van der Waals surface area contributed by atoms with Crippen LogP contribution in [0, 0.1) is 0 Å². The van der Waals surface area contributed by atoms with Gasteiger partial charge in [0.15, 0.2) is 0 Å². The quantitative estimate of drug-likeness (QED) is 0.216. The predicted octanol–water partition coefficient (Wildman–Crippen LogP) is 8.79. The van der Waals surface area contributed by atoms with Gasteiger partial charge >= 0.3 is 12.1 Å². The molecule has 6 nitrogen and oxygen atoms in total. The Kier molecular flexibility index (Phi) is 8.57. The molecule has 0 heterocycles. The van der Waals surface area contributed by atoms with E-state index in [0.717, 1.165) is 8.95 Å². The van der Waals surface area contributed by atoms with Crippen LogP contribution in [0.4, 0.5) is 32.3 Å². The van der Waals surface area contributed by atoms with Gasteiger partial charge in [0.25, 0.3) is 0 Å². The highest BCUT2D eigenvalue weighted by molar-refractivity contribution is 9.12. The number of nitrogens with one attached hydrogen (secondary N) is 4. The minimum absolute atomic E-state index is 0.434. The Balaban J connectivity index is 1.75. The minimum Gasteiger partial charge on any atom is -0.308 e. The first-order valence-corrected chi connectivity index (χ1v) is 12.5. The van der Waals surface area contributed by atoms with Crippen LogP contribution in [0.5, 0.6) is 0 Å². The molecule has 3 aromatic rings. The Bertz CT molecular complexity index is 1040. The van der Waals surface area contributed by atoms with Gasteiger partial charge in [-0.05, 0) is 102 Å². The zero-order valence-corrected chi connectivity index (χ0v) is 23.3. The summed E-state index contributed by atoms with van der Waals surface area (Å²) in [4.78, 5) is 24.9. The van der Waals surface area contributed by atoms with Gasteiger partial charge in [-0.3, -0.25) is 0 Å². The molecular formula is C20H13Br5N4O2. The van der Waals surface area contributed by atoms with Gasteiger partial charge in [0.05, 0.1) is 15.8 Å². The third-order valence-corrected chi connectivity index (χ3v) is 6.95. The van der Waals surface area contributed by atoms with E-state index in [0.29, 0.717) is 36.2 Å². The summed E-state index contributed by atoms with van der Waals surface area (Å²) >= 11 is 17.1. The third-order valence-electron chi connectivity index (χ3n) is 3.85. The number of hydrogen-bond donors (Lipinski definition) is 4. The van der Waals surface area contributed by atoms with Crippen molar-refractivity contribution in [2.75, 3.05) is 21.3 Å². The molecule has 0 radical (unpaired) electrons. The number of urea groups is 2. The first-order valence-electron chi connectivity index (χ1n) is 8.57. The van der Waals surface area contributed by atoms with E-state index in [4.69, 9.17) is 0 Å². The molecule has 0 fully saturated rings. The Morgan fingerprint density at radius 3 is 1.26 bits per heavy atom. The summed E-state index contributed by atoms with van der Waals surface area (Å²) in [6, 6.07) is 15.3. The van der Waals surface area contributed by atoms with Crippen LogP contribution >= 0.6 is 79.6 Å². The van der Waals surface area contributed by atoms with Crippen molar-refractivity contribution in [1.82, 2.24) is 0 Å². The topological polar surface area (TPSA) is 82.3 Å². The molecule has 0 saturated carbocycles. The Labute approximate surface area is 220 Å². The first kappa shape index (κ1) is 24.2. The van der Waals surface area contributed by atoms with E-state index >= 15 is 0 Å². The molecule has 0 bridgehead atoms. The standard InChI is InChI=1S/C20H13Br5N4O2/c21-10-1-5-12(6-2-10)26-19(30)28-17-14(23)9-15(24)18(16(17)25)29-20(31)27-13-7-3-11(22)4-8-13/h1-9H,(H2,26,28,30)(H2,27,29,31). The fraction of sp³-hybridized carbons (Fsp3) is 0. The number of carbonyl (C=O) groups excluding carboxylic acids is 2. The first-order chi connectivity index (χ1) is 14.7. The van der Waals surface area contributed by atoms with Gasteiger partial charge in [-0.1, -0.05) is 31.9 Å². The van der Waals surface area contributed by atoms with Gasteiger partial charge in [0.2, 0.25) is 0 Å². The lowest BCUT2D eigenvalue weighted by atomic mass is 10.2. The van der Waals surface area contributed by atoms with E-state index in [1.54, 1.807) is 30.3 Å². The monoisotopic (exact) mass is 736 g/mol. The maximum Gasteiger partial charge on any atom is 0.323 e. The lowest BCUT2D eigenvalue weighted by molar-refractivity contribution is 0.261. The summed E-state index contributed by atoms with van der Waals surface area (Å²) in [5.41, 5.74) is 2.18. The average molecular weight is 741 g/mol. The lowest BCUT2D eigenvalue weighted by Gasteiger charge is -2.17. The number of anilines is 4. The molecule has 0 aromatic heterocycles. The number of benzene rings is 3. The van der Waals surface area contributed by atoms with Crippen molar-refractivity contribution in [2.24, 2.45) is 0 Å². The van der Waals surface area contributed by atoms with Gasteiger partial charge in [-0.25, -0.2) is 9.59 Å². The number of hydrogen-bond acceptors (Lipinski definition) is 2. The van der Waals surface area contributed by atoms with Crippen LogP contribution in [0.3, 0.4) is 0 Å². The molecule has 0 saturated heterocycles. The largest absolute Gasteiger partial charge is 0.323 e. The fourth-order valence-electron chi connectivity index (χ4n) is 2.44. The minimum atomic E-state index is -0.434. The summed E-state index contributed by atoms with van der Waals surface area (Å²) < 4.78 is 3.56. The Morgan fingerprint density at radius 2 is 0.903 bits per heavy atom. The van der Waals surface area contributed by atoms with E-state index in [-0.39, 0.29) is 0 Å². The van der Waals surface area contributed by atoms with Crippen molar-refractivity contribution in [3.8, 4) is 0 Å². The van der Waals surface area contributed by atoms with Gasteiger partial charge in [-0.2, -0.15) is 0 Å². The van der Waals surface area contributed by atoms with Gasteiger partial charge in [0.1, 0.15) is 0 Å². The summed E-state index contributed by atoms with van der Waals surface area (Å²) in [6.07, 6.45) is 0. The van der Waals surface area contributed by atoms with Crippen LogP contribution in [0.25, 0.3) is 0 Å². The van der Waals surface area contributed by atoms with Crippen molar-refractivity contribution in [3.05, 3.63) is 77.0 Å². The fourth-order valence-corrected chi connectivity index (χ4v) is 5.48. The van der Waals surface area contributed by atoms with Crippen molar-refractivity contribution in [3.63, 3.8) is 0 Å². The molecule has 0 atom stereocenters. The van der Waals surface area contributed by atoms with Crippen LogP contribution in [0.1, 0.15) is 0 Å². The molecular weight excluding hydrogens is 728 g/mol. The van der Waals surface area contributed by atoms with E-state index in [1.807, 2.05) is 24.3 Å². The third kappa shape index (κ3) is 6.79. The Morgan fingerprint density at radius 1 is 0.548 bits per heavy atom. The molecule has 0 aliphatic rings. The summed E-state index contributed by atoms with van der Waals surface area (Å²) in [5, 5.41) is 11.1. The van der Waals surface area contributed by atoms with Gasteiger partial charge < -0.3 is 21.3 Å². The maximum absolute atomic E-state index is 12.5. The molecule has 0 spiro atoms. The summed E-state index contributed by atoms with van der Waals surface area (Å²) in [7, 11) is 0. The van der Waals surface area contributed by atoms with Crippen molar-refractivity contribution in [1.29, 1.82) is 0 Å². The SMILES string of the molecule is O=C(Nc1ccc(Br)cc1)Nc1c(Br)cc(Br)c(NC(=O)Nc2ccc(Br)cc2)c1Br. The van der Waals surface area contributed by atoms with E-state index in [2.05, 4.69) is 101 Å². The molecule has 3 aromatic carbocycles. The molecule has 4 N–H and O–H groups in total. The molecule has 160 valence electrons. The number of halogens is 5. The van der Waals surface area contributed by atoms with Gasteiger partial charge in [-0.15, -0.1) is 0 Å². The number of carbonyl (C=O) groups is 2. The zero-order chi connectivity index (χ0) is 22.5. The second kappa shape index (κ2) is 11.0. The second-order valence-corrected chi connectivity index (χ2v) is 10.4. The van der Waals surface area contributed by atoms with Crippen LogP contribution in [0.2, 0.25) is 0 Å². The molecule has 3 rings (SSSR count).